The second kappa shape index (κ2) is 8.78. The maximum Gasteiger partial charge on any atom is 0.246 e. The molecule has 0 radical (unpaired) electrons. The largest absolute Gasteiger partial charge is 0.367 e. The molecular weight excluding hydrogens is 440 g/mol. The van der Waals surface area contributed by atoms with Crippen molar-refractivity contribution in [1.29, 1.82) is 0 Å². The number of fused-ring (bicyclic) bond motifs is 4. The quantitative estimate of drug-likeness (QED) is 0.702. The van der Waals surface area contributed by atoms with Gasteiger partial charge in [0.25, 0.3) is 0 Å². The summed E-state index contributed by atoms with van der Waals surface area (Å²) in [5.74, 6) is 2.10. The van der Waals surface area contributed by atoms with E-state index >= 15 is 0 Å². The van der Waals surface area contributed by atoms with Gasteiger partial charge in [0.1, 0.15) is 17.7 Å². The molecule has 0 aromatic carbocycles. The smallest absolute Gasteiger partial charge is 0.246 e. The molecule has 1 spiro atoms. The third kappa shape index (κ3) is 4.01. The van der Waals surface area contributed by atoms with Gasteiger partial charge in [0, 0.05) is 44.0 Å². The summed E-state index contributed by atoms with van der Waals surface area (Å²) < 4.78 is 0. The average Bonchev–Trinajstić information content (AvgIpc) is 2.89. The summed E-state index contributed by atoms with van der Waals surface area (Å²) in [6.45, 7) is 5.99. The van der Waals surface area contributed by atoms with Crippen LogP contribution in [0.1, 0.15) is 44.6 Å². The van der Waals surface area contributed by atoms with Gasteiger partial charge in [0.05, 0.1) is 17.4 Å². The summed E-state index contributed by atoms with van der Waals surface area (Å²) in [6.07, 6.45) is 13.5. The van der Waals surface area contributed by atoms with Crippen molar-refractivity contribution in [3.8, 4) is 0 Å². The van der Waals surface area contributed by atoms with Gasteiger partial charge in [-0.25, -0.2) is 9.97 Å². The van der Waals surface area contributed by atoms with E-state index in [9.17, 15) is 4.79 Å². The molecule has 2 atom stereocenters. The van der Waals surface area contributed by atoms with Gasteiger partial charge < -0.3 is 25.3 Å². The van der Waals surface area contributed by atoms with E-state index in [-0.39, 0.29) is 17.5 Å². The zero-order chi connectivity index (χ0) is 24.0. The summed E-state index contributed by atoms with van der Waals surface area (Å²) in [5, 5.41) is 6.44. The minimum absolute atomic E-state index is 0.0479. The number of nitrogens with one attached hydrogen (secondary N) is 2. The van der Waals surface area contributed by atoms with Gasteiger partial charge in [-0.05, 0) is 38.9 Å². The second-order valence-electron chi connectivity index (χ2n) is 10.5. The number of amides is 1. The number of nitrogens with zero attached hydrogens (tertiary/aromatic N) is 6. The molecule has 9 nitrogen and oxygen atoms in total. The molecule has 5 heterocycles. The van der Waals surface area contributed by atoms with Gasteiger partial charge in [-0.1, -0.05) is 31.4 Å². The molecule has 1 aliphatic carbocycles. The summed E-state index contributed by atoms with van der Waals surface area (Å²) in [6, 6.07) is 4.30. The number of hydrogen-bond donors (Lipinski definition) is 2. The van der Waals surface area contributed by atoms with E-state index in [0.29, 0.717) is 24.4 Å². The summed E-state index contributed by atoms with van der Waals surface area (Å²) in [4.78, 5) is 33.9. The molecule has 9 heteroatoms. The van der Waals surface area contributed by atoms with E-state index in [1.54, 1.807) is 0 Å². The van der Waals surface area contributed by atoms with E-state index in [0.717, 1.165) is 49.5 Å². The number of aromatic nitrogens is 3. The van der Waals surface area contributed by atoms with Crippen LogP contribution in [0.15, 0.2) is 30.6 Å². The van der Waals surface area contributed by atoms with E-state index in [1.165, 1.54) is 19.3 Å². The van der Waals surface area contributed by atoms with Crippen molar-refractivity contribution >= 4 is 35.3 Å². The SMILES string of the molecule is CC1CN(c2ccc(Nc3ncc4c(n3)N3C(C=C4)C(=O)NCC34CCCCC4)nc2)CCN1C. The molecule has 2 saturated heterocycles. The molecule has 0 bridgehead atoms. The lowest BCUT2D eigenvalue weighted by Gasteiger charge is -2.54. The van der Waals surface area contributed by atoms with Crippen LogP contribution in [0.25, 0.3) is 6.08 Å². The molecule has 35 heavy (non-hydrogen) atoms. The van der Waals surface area contributed by atoms with Crippen molar-refractivity contribution in [2.75, 3.05) is 48.3 Å². The van der Waals surface area contributed by atoms with Crippen LogP contribution in [0, 0.1) is 0 Å². The van der Waals surface area contributed by atoms with Crippen molar-refractivity contribution in [2.24, 2.45) is 0 Å². The fraction of sp³-hybridized carbons (Fsp3) is 0.538. The lowest BCUT2D eigenvalue weighted by atomic mass is 9.77. The topological polar surface area (TPSA) is 89.5 Å². The Morgan fingerprint density at radius 3 is 2.74 bits per heavy atom. The van der Waals surface area contributed by atoms with Crippen molar-refractivity contribution in [1.82, 2.24) is 25.2 Å². The van der Waals surface area contributed by atoms with Crippen LogP contribution in [-0.2, 0) is 4.79 Å². The van der Waals surface area contributed by atoms with Crippen LogP contribution < -0.4 is 20.4 Å². The normalized spacial score (nSPS) is 25.7. The number of carbonyl (C=O) groups excluding carboxylic acids is 1. The van der Waals surface area contributed by atoms with Gasteiger partial charge in [0.15, 0.2) is 0 Å². The van der Waals surface area contributed by atoms with E-state index in [2.05, 4.69) is 55.3 Å². The molecule has 4 aliphatic rings. The molecule has 6 rings (SSSR count). The summed E-state index contributed by atoms with van der Waals surface area (Å²) >= 11 is 0. The van der Waals surface area contributed by atoms with Crippen molar-refractivity contribution in [3.63, 3.8) is 0 Å². The fourth-order valence-electron chi connectivity index (χ4n) is 6.00. The van der Waals surface area contributed by atoms with E-state index in [1.807, 2.05) is 30.6 Å². The number of likely N-dealkylation sites (N-methyl/N-ethyl adjacent to an activating group) is 1. The minimum Gasteiger partial charge on any atom is -0.367 e. The van der Waals surface area contributed by atoms with Gasteiger partial charge in [-0.2, -0.15) is 4.98 Å². The van der Waals surface area contributed by atoms with E-state index in [4.69, 9.17) is 4.98 Å². The first-order chi connectivity index (χ1) is 17.0. The Bertz CT molecular complexity index is 1130. The Morgan fingerprint density at radius 2 is 1.97 bits per heavy atom. The molecule has 3 aliphatic heterocycles. The molecule has 1 saturated carbocycles. The van der Waals surface area contributed by atoms with Gasteiger partial charge >= 0.3 is 0 Å². The Hall–Kier alpha value is -3.20. The minimum atomic E-state index is -0.319. The maximum absolute atomic E-state index is 12.8. The predicted molar refractivity (Wildman–Crippen MR) is 138 cm³/mol. The number of piperazine rings is 2. The highest BCUT2D eigenvalue weighted by Crippen LogP contribution is 2.42. The Labute approximate surface area is 206 Å². The predicted octanol–water partition coefficient (Wildman–Crippen LogP) is 2.79. The van der Waals surface area contributed by atoms with Crippen molar-refractivity contribution in [2.45, 2.75) is 56.7 Å². The number of carbonyl (C=O) groups is 1. The van der Waals surface area contributed by atoms with Gasteiger partial charge in [0.2, 0.25) is 11.9 Å². The highest BCUT2D eigenvalue weighted by atomic mass is 16.2. The Kier molecular flexibility index (Phi) is 5.59. The first-order valence-corrected chi connectivity index (χ1v) is 12.8. The number of hydrogen-bond acceptors (Lipinski definition) is 8. The molecule has 2 aromatic rings. The van der Waals surface area contributed by atoms with Crippen LogP contribution in [-0.4, -0.2) is 76.6 Å². The lowest BCUT2D eigenvalue weighted by molar-refractivity contribution is -0.123. The average molecular weight is 475 g/mol. The van der Waals surface area contributed by atoms with Crippen LogP contribution >= 0.6 is 0 Å². The fourth-order valence-corrected chi connectivity index (χ4v) is 6.00. The zero-order valence-corrected chi connectivity index (χ0v) is 20.6. The first kappa shape index (κ1) is 22.3. The van der Waals surface area contributed by atoms with E-state index < -0.39 is 0 Å². The summed E-state index contributed by atoms with van der Waals surface area (Å²) in [7, 11) is 2.18. The lowest BCUT2D eigenvalue weighted by Crippen LogP contribution is -2.69. The third-order valence-electron chi connectivity index (χ3n) is 8.23. The second-order valence-corrected chi connectivity index (χ2v) is 10.5. The van der Waals surface area contributed by atoms with Crippen molar-refractivity contribution in [3.05, 3.63) is 36.2 Å². The summed E-state index contributed by atoms with van der Waals surface area (Å²) in [5.41, 5.74) is 2.01. The molecular formula is C26H34N8O. The Balaban J connectivity index is 1.24. The van der Waals surface area contributed by atoms with Crippen LogP contribution in [0.2, 0.25) is 0 Å². The van der Waals surface area contributed by atoms with Gasteiger partial charge in [-0.3, -0.25) is 4.79 Å². The highest BCUT2D eigenvalue weighted by Gasteiger charge is 2.49. The molecule has 1 amide bonds. The monoisotopic (exact) mass is 474 g/mol. The number of rotatable bonds is 3. The molecule has 2 N–H and O–H groups in total. The van der Waals surface area contributed by atoms with Crippen molar-refractivity contribution < 1.29 is 4.79 Å². The number of anilines is 4. The molecule has 2 unspecified atom stereocenters. The maximum atomic E-state index is 12.8. The molecule has 2 aromatic heterocycles. The Morgan fingerprint density at radius 1 is 1.11 bits per heavy atom. The molecule has 184 valence electrons. The zero-order valence-electron chi connectivity index (χ0n) is 20.6. The third-order valence-corrected chi connectivity index (χ3v) is 8.23. The number of pyridine rings is 1. The standard InChI is InChI=1S/C26H34N8O/c1-18-16-33(13-12-32(18)2)20-7-9-22(27-15-20)30-25-28-14-19-6-8-21-24(35)29-17-26(10-4-3-5-11-26)34(21)23(19)31-25/h6-9,14-15,18,21H,3-5,10-13,16-17H2,1-2H3,(H,29,35)(H,27,28,30,31). The van der Waals surface area contributed by atoms with Gasteiger partial charge in [-0.15, -0.1) is 0 Å². The molecule has 3 fully saturated rings. The highest BCUT2D eigenvalue weighted by molar-refractivity contribution is 5.93. The van der Waals surface area contributed by atoms with Crippen LogP contribution in [0.3, 0.4) is 0 Å². The van der Waals surface area contributed by atoms with Crippen LogP contribution in [0.4, 0.5) is 23.3 Å². The van der Waals surface area contributed by atoms with Crippen LogP contribution in [0.5, 0.6) is 0 Å². The first-order valence-electron chi connectivity index (χ1n) is 12.8.